The van der Waals surface area contributed by atoms with Crippen LogP contribution in [0.4, 0.5) is 0 Å². The molecule has 2 amide bonds. The SMILES string of the molecule is CCCN(CCC)C(=O)COCC(=O)N(CCC)CCC. The number of carbonyl (C=O) groups is 2. The minimum absolute atomic E-state index is 0.00215. The molecular formula is C16H32N2O3. The van der Waals surface area contributed by atoms with E-state index in [4.69, 9.17) is 4.74 Å². The second kappa shape index (κ2) is 12.6. The minimum atomic E-state index is -0.0240. The molecule has 0 aromatic carbocycles. The van der Waals surface area contributed by atoms with E-state index in [9.17, 15) is 9.59 Å². The van der Waals surface area contributed by atoms with Gasteiger partial charge in [-0.15, -0.1) is 0 Å². The Balaban J connectivity index is 4.14. The topological polar surface area (TPSA) is 49.9 Å². The van der Waals surface area contributed by atoms with Crippen molar-refractivity contribution in [3.63, 3.8) is 0 Å². The average Bonchev–Trinajstić information content (AvgIpc) is 2.46. The fourth-order valence-electron chi connectivity index (χ4n) is 2.21. The Kier molecular flexibility index (Phi) is 12.0. The molecule has 0 radical (unpaired) electrons. The molecule has 0 saturated heterocycles. The molecular weight excluding hydrogens is 268 g/mol. The first-order valence-electron chi connectivity index (χ1n) is 8.23. The van der Waals surface area contributed by atoms with Gasteiger partial charge in [0.1, 0.15) is 13.2 Å². The van der Waals surface area contributed by atoms with Crippen molar-refractivity contribution in [3.8, 4) is 0 Å². The van der Waals surface area contributed by atoms with Gasteiger partial charge in [0.2, 0.25) is 11.8 Å². The number of rotatable bonds is 12. The van der Waals surface area contributed by atoms with Crippen molar-refractivity contribution in [2.24, 2.45) is 0 Å². The lowest BCUT2D eigenvalue weighted by atomic mass is 10.3. The van der Waals surface area contributed by atoms with E-state index in [2.05, 4.69) is 0 Å². The number of carbonyl (C=O) groups excluding carboxylic acids is 2. The Morgan fingerprint density at radius 3 is 1.19 bits per heavy atom. The van der Waals surface area contributed by atoms with Crippen LogP contribution in [0.25, 0.3) is 0 Å². The summed E-state index contributed by atoms with van der Waals surface area (Å²) in [7, 11) is 0. The molecule has 5 nitrogen and oxygen atoms in total. The number of hydrogen-bond acceptors (Lipinski definition) is 3. The van der Waals surface area contributed by atoms with Gasteiger partial charge in [0.15, 0.2) is 0 Å². The first-order valence-corrected chi connectivity index (χ1v) is 8.23. The molecule has 5 heteroatoms. The lowest BCUT2D eigenvalue weighted by molar-refractivity contribution is -0.142. The van der Waals surface area contributed by atoms with Crippen LogP contribution in [0.2, 0.25) is 0 Å². The molecule has 0 bridgehead atoms. The molecule has 0 unspecified atom stereocenters. The second-order valence-corrected chi connectivity index (χ2v) is 5.25. The molecule has 0 saturated carbocycles. The zero-order valence-electron chi connectivity index (χ0n) is 14.2. The van der Waals surface area contributed by atoms with Crippen molar-refractivity contribution in [1.29, 1.82) is 0 Å². The van der Waals surface area contributed by atoms with Crippen molar-refractivity contribution < 1.29 is 14.3 Å². The standard InChI is InChI=1S/C16H32N2O3/c1-5-9-17(10-6-2)15(19)13-21-14-16(20)18(11-7-3)12-8-4/h5-14H2,1-4H3. The monoisotopic (exact) mass is 300 g/mol. The molecule has 21 heavy (non-hydrogen) atoms. The van der Waals surface area contributed by atoms with E-state index in [1.54, 1.807) is 9.80 Å². The highest BCUT2D eigenvalue weighted by Gasteiger charge is 2.15. The zero-order chi connectivity index (χ0) is 16.1. The van der Waals surface area contributed by atoms with E-state index in [0.29, 0.717) is 0 Å². The zero-order valence-corrected chi connectivity index (χ0v) is 14.2. The predicted molar refractivity (Wildman–Crippen MR) is 85.1 cm³/mol. The van der Waals surface area contributed by atoms with Gasteiger partial charge in [0, 0.05) is 26.2 Å². The number of amides is 2. The van der Waals surface area contributed by atoms with E-state index >= 15 is 0 Å². The summed E-state index contributed by atoms with van der Waals surface area (Å²) >= 11 is 0. The maximum atomic E-state index is 12.0. The second-order valence-electron chi connectivity index (χ2n) is 5.25. The molecule has 0 N–H and O–H groups in total. The summed E-state index contributed by atoms with van der Waals surface area (Å²) < 4.78 is 5.32. The number of hydrogen-bond donors (Lipinski definition) is 0. The maximum absolute atomic E-state index is 12.0. The molecule has 0 aliphatic heterocycles. The van der Waals surface area contributed by atoms with Crippen molar-refractivity contribution in [1.82, 2.24) is 9.80 Å². The summed E-state index contributed by atoms with van der Waals surface area (Å²) in [5.41, 5.74) is 0. The molecule has 0 aromatic heterocycles. The van der Waals surface area contributed by atoms with E-state index < -0.39 is 0 Å². The van der Waals surface area contributed by atoms with Crippen molar-refractivity contribution in [3.05, 3.63) is 0 Å². The highest BCUT2D eigenvalue weighted by atomic mass is 16.5. The Hall–Kier alpha value is -1.10. The van der Waals surface area contributed by atoms with Crippen LogP contribution >= 0.6 is 0 Å². The van der Waals surface area contributed by atoms with Gasteiger partial charge in [-0.1, -0.05) is 27.7 Å². The summed E-state index contributed by atoms with van der Waals surface area (Å²) in [6, 6.07) is 0. The van der Waals surface area contributed by atoms with E-state index in [0.717, 1.165) is 51.9 Å². The molecule has 0 heterocycles. The molecule has 0 rings (SSSR count). The summed E-state index contributed by atoms with van der Waals surface area (Å²) in [6.45, 7) is 11.2. The molecule has 124 valence electrons. The quantitative estimate of drug-likeness (QED) is 0.556. The molecule has 0 spiro atoms. The van der Waals surface area contributed by atoms with Gasteiger partial charge in [0.25, 0.3) is 0 Å². The van der Waals surface area contributed by atoms with Crippen LogP contribution in [0.15, 0.2) is 0 Å². The minimum Gasteiger partial charge on any atom is -0.362 e. The van der Waals surface area contributed by atoms with Gasteiger partial charge in [-0.25, -0.2) is 0 Å². The summed E-state index contributed by atoms with van der Waals surface area (Å²) in [5.74, 6) is -0.0481. The van der Waals surface area contributed by atoms with E-state index in [1.165, 1.54) is 0 Å². The molecule has 0 atom stereocenters. The lowest BCUT2D eigenvalue weighted by Gasteiger charge is -2.23. The first kappa shape index (κ1) is 19.9. The average molecular weight is 300 g/mol. The van der Waals surface area contributed by atoms with Gasteiger partial charge in [-0.05, 0) is 25.7 Å². The predicted octanol–water partition coefficient (Wildman–Crippen LogP) is 2.30. The van der Waals surface area contributed by atoms with Crippen LogP contribution in [0.3, 0.4) is 0 Å². The first-order chi connectivity index (χ1) is 10.1. The van der Waals surface area contributed by atoms with Gasteiger partial charge >= 0.3 is 0 Å². The van der Waals surface area contributed by atoms with Gasteiger partial charge in [-0.3, -0.25) is 9.59 Å². The van der Waals surface area contributed by atoms with Gasteiger partial charge < -0.3 is 14.5 Å². The fraction of sp³-hybridized carbons (Fsp3) is 0.875. The van der Waals surface area contributed by atoms with Crippen LogP contribution in [0.5, 0.6) is 0 Å². The fourth-order valence-corrected chi connectivity index (χ4v) is 2.21. The Morgan fingerprint density at radius 2 is 0.952 bits per heavy atom. The number of ether oxygens (including phenoxy) is 1. The third-order valence-corrected chi connectivity index (χ3v) is 3.13. The Morgan fingerprint density at radius 1 is 0.667 bits per heavy atom. The maximum Gasteiger partial charge on any atom is 0.248 e. The van der Waals surface area contributed by atoms with Crippen molar-refractivity contribution in [2.75, 3.05) is 39.4 Å². The number of nitrogens with zero attached hydrogens (tertiary/aromatic N) is 2. The smallest absolute Gasteiger partial charge is 0.248 e. The summed E-state index contributed by atoms with van der Waals surface area (Å²) in [4.78, 5) is 27.6. The van der Waals surface area contributed by atoms with Crippen LogP contribution in [0, 0.1) is 0 Å². The van der Waals surface area contributed by atoms with Crippen LogP contribution in [0.1, 0.15) is 53.4 Å². The van der Waals surface area contributed by atoms with Crippen molar-refractivity contribution >= 4 is 11.8 Å². The third-order valence-electron chi connectivity index (χ3n) is 3.13. The van der Waals surface area contributed by atoms with E-state index in [1.807, 2.05) is 27.7 Å². The molecule has 0 fully saturated rings. The third kappa shape index (κ3) is 8.71. The Labute approximate surface area is 129 Å². The lowest BCUT2D eigenvalue weighted by Crippen LogP contribution is -2.38. The molecule has 0 aliphatic carbocycles. The largest absolute Gasteiger partial charge is 0.362 e. The molecule has 0 aromatic rings. The molecule has 0 aliphatic rings. The highest BCUT2D eigenvalue weighted by molar-refractivity contribution is 5.79. The normalized spacial score (nSPS) is 10.5. The highest BCUT2D eigenvalue weighted by Crippen LogP contribution is 1.99. The van der Waals surface area contributed by atoms with Gasteiger partial charge in [0.05, 0.1) is 0 Å². The Bertz CT molecular complexity index is 255. The summed E-state index contributed by atoms with van der Waals surface area (Å²) in [5, 5.41) is 0. The van der Waals surface area contributed by atoms with E-state index in [-0.39, 0.29) is 25.0 Å². The van der Waals surface area contributed by atoms with Crippen LogP contribution < -0.4 is 0 Å². The van der Waals surface area contributed by atoms with Crippen molar-refractivity contribution in [2.45, 2.75) is 53.4 Å². The summed E-state index contributed by atoms with van der Waals surface area (Å²) in [6.07, 6.45) is 3.74. The van der Waals surface area contributed by atoms with Crippen LogP contribution in [-0.4, -0.2) is 61.0 Å². The van der Waals surface area contributed by atoms with Crippen LogP contribution in [-0.2, 0) is 14.3 Å². The van der Waals surface area contributed by atoms with Gasteiger partial charge in [-0.2, -0.15) is 0 Å².